The molecule has 0 heterocycles. The fraction of sp³-hybridized carbons (Fsp3) is 0.182. The van der Waals surface area contributed by atoms with Crippen molar-refractivity contribution in [2.45, 2.75) is 13.8 Å². The molecule has 0 fully saturated rings. The van der Waals surface area contributed by atoms with Crippen LogP contribution in [0.15, 0.2) is 23.8 Å². The monoisotopic (exact) mass is 177 g/mol. The molecule has 1 heteroatoms. The SMILES string of the molecule is CC1=C(C)c2c(Cl)cccc2[CH]1. The summed E-state index contributed by atoms with van der Waals surface area (Å²) in [4.78, 5) is 0. The molecule has 0 saturated carbocycles. The first-order valence-electron chi connectivity index (χ1n) is 4.01. The molecule has 61 valence electrons. The summed E-state index contributed by atoms with van der Waals surface area (Å²) in [6.07, 6.45) is 2.18. The Morgan fingerprint density at radius 2 is 1.92 bits per heavy atom. The van der Waals surface area contributed by atoms with Crippen molar-refractivity contribution in [3.8, 4) is 0 Å². The van der Waals surface area contributed by atoms with E-state index in [9.17, 15) is 0 Å². The molecule has 2 rings (SSSR count). The van der Waals surface area contributed by atoms with E-state index in [-0.39, 0.29) is 0 Å². The van der Waals surface area contributed by atoms with E-state index in [4.69, 9.17) is 11.6 Å². The van der Waals surface area contributed by atoms with Gasteiger partial charge in [0, 0.05) is 11.4 Å². The van der Waals surface area contributed by atoms with E-state index >= 15 is 0 Å². The van der Waals surface area contributed by atoms with Crippen LogP contribution < -0.4 is 0 Å². The van der Waals surface area contributed by atoms with E-state index in [1.165, 1.54) is 22.3 Å². The topological polar surface area (TPSA) is 0 Å². The largest absolute Gasteiger partial charge is 0.0837 e. The molecular weight excluding hydrogens is 168 g/mol. The molecule has 1 aliphatic rings. The first-order valence-corrected chi connectivity index (χ1v) is 4.39. The van der Waals surface area contributed by atoms with Gasteiger partial charge in [0.2, 0.25) is 0 Å². The molecule has 1 aromatic carbocycles. The zero-order valence-corrected chi connectivity index (χ0v) is 7.94. The summed E-state index contributed by atoms with van der Waals surface area (Å²) in [5.74, 6) is 0. The summed E-state index contributed by atoms with van der Waals surface area (Å²) < 4.78 is 0. The number of benzene rings is 1. The smallest absolute Gasteiger partial charge is 0.0484 e. The molecule has 1 aromatic rings. The Hall–Kier alpha value is -0.750. The van der Waals surface area contributed by atoms with Crippen LogP contribution in [0.5, 0.6) is 0 Å². The van der Waals surface area contributed by atoms with E-state index in [2.05, 4.69) is 26.3 Å². The second-order valence-corrected chi connectivity index (χ2v) is 3.56. The highest BCUT2D eigenvalue weighted by Crippen LogP contribution is 2.37. The van der Waals surface area contributed by atoms with Crippen LogP contribution >= 0.6 is 11.6 Å². The number of hydrogen-bond donors (Lipinski definition) is 0. The number of rotatable bonds is 0. The van der Waals surface area contributed by atoms with Gasteiger partial charge in [-0.2, -0.15) is 0 Å². The minimum Gasteiger partial charge on any atom is -0.0837 e. The average Bonchev–Trinajstić information content (AvgIpc) is 2.29. The highest BCUT2D eigenvalue weighted by atomic mass is 35.5. The van der Waals surface area contributed by atoms with Gasteiger partial charge in [0.05, 0.1) is 0 Å². The predicted octanol–water partition coefficient (Wildman–Crippen LogP) is 3.70. The molecule has 12 heavy (non-hydrogen) atoms. The molecule has 1 radical (unpaired) electrons. The van der Waals surface area contributed by atoms with Crippen molar-refractivity contribution in [2.24, 2.45) is 0 Å². The van der Waals surface area contributed by atoms with Crippen molar-refractivity contribution in [2.75, 3.05) is 0 Å². The lowest BCUT2D eigenvalue weighted by atomic mass is 10.1. The number of hydrogen-bond acceptors (Lipinski definition) is 0. The Morgan fingerprint density at radius 1 is 1.17 bits per heavy atom. The Bertz CT molecular complexity index is 361. The van der Waals surface area contributed by atoms with Crippen LogP contribution in [-0.2, 0) is 0 Å². The number of allylic oxidation sites excluding steroid dienone is 2. The Balaban J connectivity index is 2.67. The third kappa shape index (κ3) is 0.987. The van der Waals surface area contributed by atoms with Gasteiger partial charge in [0.25, 0.3) is 0 Å². The van der Waals surface area contributed by atoms with Crippen LogP contribution in [0.4, 0.5) is 0 Å². The third-order valence-electron chi connectivity index (χ3n) is 2.38. The van der Waals surface area contributed by atoms with Crippen LogP contribution in [0.1, 0.15) is 25.0 Å². The lowest BCUT2D eigenvalue weighted by molar-refractivity contribution is 1.44. The normalized spacial score (nSPS) is 15.2. The van der Waals surface area contributed by atoms with Crippen LogP contribution in [0.2, 0.25) is 5.02 Å². The highest BCUT2D eigenvalue weighted by molar-refractivity contribution is 6.32. The van der Waals surface area contributed by atoms with Gasteiger partial charge < -0.3 is 0 Å². The second-order valence-electron chi connectivity index (χ2n) is 3.16. The van der Waals surface area contributed by atoms with Gasteiger partial charge in [-0.1, -0.05) is 29.3 Å². The minimum absolute atomic E-state index is 0.859. The van der Waals surface area contributed by atoms with Crippen LogP contribution in [0.25, 0.3) is 5.57 Å². The average molecular weight is 178 g/mol. The maximum Gasteiger partial charge on any atom is 0.0484 e. The first kappa shape index (κ1) is 7.88. The molecule has 0 spiro atoms. The summed E-state index contributed by atoms with van der Waals surface area (Å²) >= 11 is 6.08. The van der Waals surface area contributed by atoms with E-state index in [0.29, 0.717) is 0 Å². The van der Waals surface area contributed by atoms with E-state index in [1.54, 1.807) is 0 Å². The van der Waals surface area contributed by atoms with Gasteiger partial charge in [-0.3, -0.25) is 0 Å². The molecule has 0 aromatic heterocycles. The lowest BCUT2D eigenvalue weighted by Gasteiger charge is -2.02. The van der Waals surface area contributed by atoms with Gasteiger partial charge in [-0.25, -0.2) is 0 Å². The maximum absolute atomic E-state index is 6.08. The van der Waals surface area contributed by atoms with Crippen molar-refractivity contribution in [3.63, 3.8) is 0 Å². The molecule has 0 bridgehead atoms. The lowest BCUT2D eigenvalue weighted by Crippen LogP contribution is -1.81. The molecule has 0 atom stereocenters. The van der Waals surface area contributed by atoms with Gasteiger partial charge in [-0.15, -0.1) is 0 Å². The van der Waals surface area contributed by atoms with Crippen molar-refractivity contribution < 1.29 is 0 Å². The Labute approximate surface area is 77.9 Å². The molecule has 0 amide bonds. The van der Waals surface area contributed by atoms with Crippen LogP contribution in [-0.4, -0.2) is 0 Å². The fourth-order valence-electron chi connectivity index (χ4n) is 1.60. The predicted molar refractivity (Wildman–Crippen MR) is 53.1 cm³/mol. The quantitative estimate of drug-likeness (QED) is 0.567. The van der Waals surface area contributed by atoms with E-state index in [0.717, 1.165) is 5.02 Å². The minimum atomic E-state index is 0.859. The molecule has 0 nitrogen and oxygen atoms in total. The van der Waals surface area contributed by atoms with Crippen LogP contribution in [0.3, 0.4) is 0 Å². The molecule has 0 unspecified atom stereocenters. The van der Waals surface area contributed by atoms with E-state index < -0.39 is 0 Å². The molecule has 0 N–H and O–H groups in total. The van der Waals surface area contributed by atoms with Crippen molar-refractivity contribution in [1.82, 2.24) is 0 Å². The van der Waals surface area contributed by atoms with Gasteiger partial charge in [0.15, 0.2) is 0 Å². The van der Waals surface area contributed by atoms with Crippen molar-refractivity contribution in [3.05, 3.63) is 46.3 Å². The summed E-state index contributed by atoms with van der Waals surface area (Å²) in [6, 6.07) is 6.03. The van der Waals surface area contributed by atoms with Crippen molar-refractivity contribution in [1.29, 1.82) is 0 Å². The Kier molecular flexibility index (Phi) is 1.73. The maximum atomic E-state index is 6.08. The van der Waals surface area contributed by atoms with Gasteiger partial charge >= 0.3 is 0 Å². The summed E-state index contributed by atoms with van der Waals surface area (Å²) in [5, 5.41) is 0.859. The zero-order valence-electron chi connectivity index (χ0n) is 7.19. The molecule has 0 saturated heterocycles. The van der Waals surface area contributed by atoms with Gasteiger partial charge in [0.1, 0.15) is 0 Å². The summed E-state index contributed by atoms with van der Waals surface area (Å²) in [6.45, 7) is 4.23. The number of halogens is 1. The third-order valence-corrected chi connectivity index (χ3v) is 2.70. The van der Waals surface area contributed by atoms with Crippen molar-refractivity contribution >= 4 is 17.2 Å². The van der Waals surface area contributed by atoms with E-state index in [1.807, 2.05) is 12.1 Å². The molecule has 0 aliphatic heterocycles. The number of fused-ring (bicyclic) bond motifs is 1. The summed E-state index contributed by atoms with van der Waals surface area (Å²) in [7, 11) is 0. The molecular formula is C11H10Cl. The second kappa shape index (κ2) is 2.63. The highest BCUT2D eigenvalue weighted by Gasteiger charge is 2.17. The zero-order chi connectivity index (χ0) is 8.72. The fourth-order valence-corrected chi connectivity index (χ4v) is 1.92. The first-order chi connectivity index (χ1) is 5.70. The van der Waals surface area contributed by atoms with Gasteiger partial charge in [-0.05, 0) is 36.6 Å². The molecule has 1 aliphatic carbocycles. The van der Waals surface area contributed by atoms with Crippen LogP contribution in [0, 0.1) is 6.42 Å². The Morgan fingerprint density at radius 3 is 2.58 bits per heavy atom. The standard InChI is InChI=1S/C11H10Cl/c1-7-6-9-4-3-5-10(12)11(9)8(7)2/h3-6H,1-2H3. The summed E-state index contributed by atoms with van der Waals surface area (Å²) in [5.41, 5.74) is 5.07.